The summed E-state index contributed by atoms with van der Waals surface area (Å²) < 4.78 is 5.70. The smallest absolute Gasteiger partial charge is 0.269 e. The minimum Gasteiger partial charge on any atom is -0.481 e. The Morgan fingerprint density at radius 1 is 1.16 bits per heavy atom. The van der Waals surface area contributed by atoms with Gasteiger partial charge in [-0.25, -0.2) is 0 Å². The molecule has 0 radical (unpaired) electrons. The minimum atomic E-state index is -0.658. The summed E-state index contributed by atoms with van der Waals surface area (Å²) in [5.74, 6) is 0.433. The largest absolute Gasteiger partial charge is 0.481 e. The third-order valence-electron chi connectivity index (χ3n) is 4.17. The van der Waals surface area contributed by atoms with Crippen LogP contribution in [0.3, 0.4) is 0 Å². The van der Waals surface area contributed by atoms with Crippen LogP contribution in [0.4, 0.5) is 5.69 Å². The molecule has 0 aliphatic heterocycles. The fraction of sp³-hybridized carbons (Fsp3) is 0.316. The predicted molar refractivity (Wildman–Crippen MR) is 95.6 cm³/mol. The molecule has 0 aromatic heterocycles. The zero-order valence-electron chi connectivity index (χ0n) is 14.8. The van der Waals surface area contributed by atoms with E-state index in [1.807, 2.05) is 38.1 Å². The molecule has 0 aliphatic carbocycles. The van der Waals surface area contributed by atoms with E-state index in [2.05, 4.69) is 0 Å². The van der Waals surface area contributed by atoms with Gasteiger partial charge in [-0.2, -0.15) is 0 Å². The molecule has 0 saturated carbocycles. The van der Waals surface area contributed by atoms with Crippen LogP contribution in [-0.2, 0) is 4.79 Å². The predicted octanol–water partition coefficient (Wildman–Crippen LogP) is 3.89. The van der Waals surface area contributed by atoms with Crippen LogP contribution >= 0.6 is 0 Å². The average molecular weight is 342 g/mol. The first-order valence-electron chi connectivity index (χ1n) is 8.04. The van der Waals surface area contributed by atoms with E-state index in [1.54, 1.807) is 26.1 Å². The Hall–Kier alpha value is -2.89. The van der Waals surface area contributed by atoms with E-state index in [1.165, 1.54) is 17.0 Å². The van der Waals surface area contributed by atoms with Gasteiger partial charge in [0.25, 0.3) is 11.6 Å². The maximum absolute atomic E-state index is 12.6. The number of amides is 1. The lowest BCUT2D eigenvalue weighted by molar-refractivity contribution is -0.384. The van der Waals surface area contributed by atoms with Crippen LogP contribution in [0.15, 0.2) is 48.5 Å². The highest BCUT2D eigenvalue weighted by molar-refractivity contribution is 5.81. The maximum Gasteiger partial charge on any atom is 0.269 e. The molecule has 2 aromatic carbocycles. The minimum absolute atomic E-state index is 0.00847. The van der Waals surface area contributed by atoms with Crippen LogP contribution in [0, 0.1) is 17.0 Å². The van der Waals surface area contributed by atoms with E-state index in [-0.39, 0.29) is 17.6 Å². The fourth-order valence-electron chi connectivity index (χ4n) is 2.47. The van der Waals surface area contributed by atoms with E-state index in [0.717, 1.165) is 5.56 Å². The molecule has 0 saturated heterocycles. The third kappa shape index (κ3) is 4.56. The van der Waals surface area contributed by atoms with Crippen LogP contribution < -0.4 is 4.74 Å². The molecule has 6 heteroatoms. The molecule has 0 aliphatic rings. The molecular weight excluding hydrogens is 320 g/mol. The number of rotatable bonds is 6. The van der Waals surface area contributed by atoms with Gasteiger partial charge in [-0.05, 0) is 38.5 Å². The summed E-state index contributed by atoms with van der Waals surface area (Å²) in [5, 5.41) is 10.9. The van der Waals surface area contributed by atoms with E-state index in [0.29, 0.717) is 11.3 Å². The van der Waals surface area contributed by atoms with Crippen LogP contribution in [0.2, 0.25) is 0 Å². The van der Waals surface area contributed by atoms with Crippen molar-refractivity contribution in [1.29, 1.82) is 0 Å². The van der Waals surface area contributed by atoms with Crippen molar-refractivity contribution in [3.8, 4) is 5.75 Å². The molecule has 0 fully saturated rings. The van der Waals surface area contributed by atoms with Crippen molar-refractivity contribution in [2.75, 3.05) is 7.05 Å². The van der Waals surface area contributed by atoms with E-state index < -0.39 is 11.0 Å². The van der Waals surface area contributed by atoms with E-state index in [9.17, 15) is 14.9 Å². The van der Waals surface area contributed by atoms with Gasteiger partial charge >= 0.3 is 0 Å². The number of ether oxygens (including phenoxy) is 1. The number of aryl methyl sites for hydroxylation is 1. The Kier molecular flexibility index (Phi) is 5.75. The summed E-state index contributed by atoms with van der Waals surface area (Å²) in [6.45, 7) is 5.50. The highest BCUT2D eigenvalue weighted by atomic mass is 16.6. The van der Waals surface area contributed by atoms with Gasteiger partial charge in [0.1, 0.15) is 5.75 Å². The number of carbonyl (C=O) groups excluding carboxylic acids is 1. The first-order valence-corrected chi connectivity index (χ1v) is 8.04. The molecule has 25 heavy (non-hydrogen) atoms. The Morgan fingerprint density at radius 2 is 1.80 bits per heavy atom. The van der Waals surface area contributed by atoms with Crippen molar-refractivity contribution in [2.24, 2.45) is 0 Å². The first-order chi connectivity index (χ1) is 11.8. The average Bonchev–Trinajstić information content (AvgIpc) is 2.61. The Labute approximate surface area is 147 Å². The first kappa shape index (κ1) is 18.4. The number of carbonyl (C=O) groups is 1. The topological polar surface area (TPSA) is 72.7 Å². The van der Waals surface area contributed by atoms with Gasteiger partial charge in [-0.1, -0.05) is 29.8 Å². The Bertz CT molecular complexity index is 758. The summed E-state index contributed by atoms with van der Waals surface area (Å²) in [7, 11) is 1.67. The number of nitrogens with zero attached hydrogens (tertiary/aromatic N) is 2. The normalized spacial score (nSPS) is 13.0. The second-order valence-electron chi connectivity index (χ2n) is 6.05. The molecule has 0 spiro atoms. The third-order valence-corrected chi connectivity index (χ3v) is 4.17. The van der Waals surface area contributed by atoms with E-state index in [4.69, 9.17) is 4.74 Å². The highest BCUT2D eigenvalue weighted by Gasteiger charge is 2.24. The Balaban J connectivity index is 2.08. The number of nitro benzene ring substituents is 1. The van der Waals surface area contributed by atoms with Gasteiger partial charge in [0.2, 0.25) is 0 Å². The lowest BCUT2D eigenvalue weighted by atomic mass is 10.1. The van der Waals surface area contributed by atoms with Gasteiger partial charge in [0, 0.05) is 19.2 Å². The van der Waals surface area contributed by atoms with Crippen LogP contribution in [-0.4, -0.2) is 28.9 Å². The molecule has 2 aromatic rings. The van der Waals surface area contributed by atoms with Crippen LogP contribution in [0.1, 0.15) is 31.0 Å². The van der Waals surface area contributed by atoms with Crippen molar-refractivity contribution in [3.05, 3.63) is 69.8 Å². The number of likely N-dealkylation sites (N-methyl/N-ethyl adjacent to an activating group) is 1. The van der Waals surface area contributed by atoms with Crippen LogP contribution in [0.25, 0.3) is 0 Å². The second kappa shape index (κ2) is 7.79. The van der Waals surface area contributed by atoms with Crippen molar-refractivity contribution in [3.63, 3.8) is 0 Å². The molecule has 2 unspecified atom stereocenters. The molecule has 0 N–H and O–H groups in total. The Morgan fingerprint density at radius 3 is 2.40 bits per heavy atom. The monoisotopic (exact) mass is 342 g/mol. The zero-order chi connectivity index (χ0) is 18.6. The second-order valence-corrected chi connectivity index (χ2v) is 6.05. The van der Waals surface area contributed by atoms with Gasteiger partial charge < -0.3 is 9.64 Å². The zero-order valence-corrected chi connectivity index (χ0v) is 14.8. The molecule has 132 valence electrons. The van der Waals surface area contributed by atoms with Gasteiger partial charge in [-0.15, -0.1) is 0 Å². The van der Waals surface area contributed by atoms with Crippen molar-refractivity contribution < 1.29 is 14.5 Å². The number of non-ortho nitro benzene ring substituents is 1. The molecule has 2 rings (SSSR count). The van der Waals surface area contributed by atoms with E-state index >= 15 is 0 Å². The van der Waals surface area contributed by atoms with Gasteiger partial charge in [-0.3, -0.25) is 14.9 Å². The molecule has 0 bridgehead atoms. The summed E-state index contributed by atoms with van der Waals surface area (Å²) in [6, 6.07) is 13.5. The SMILES string of the molecule is Cc1ccc(OC(C)C(=O)N(C)C(C)c2cccc([N+](=O)[O-])c2)cc1. The summed E-state index contributed by atoms with van der Waals surface area (Å²) >= 11 is 0. The maximum atomic E-state index is 12.6. The number of nitro groups is 1. The van der Waals surface area contributed by atoms with Crippen molar-refractivity contribution >= 4 is 11.6 Å². The fourth-order valence-corrected chi connectivity index (χ4v) is 2.47. The lowest BCUT2D eigenvalue weighted by Gasteiger charge is -2.28. The number of hydrogen-bond acceptors (Lipinski definition) is 4. The summed E-state index contributed by atoms with van der Waals surface area (Å²) in [5.41, 5.74) is 1.82. The van der Waals surface area contributed by atoms with Crippen molar-refractivity contribution in [1.82, 2.24) is 4.90 Å². The van der Waals surface area contributed by atoms with Gasteiger partial charge in [0.05, 0.1) is 11.0 Å². The molecule has 6 nitrogen and oxygen atoms in total. The molecule has 0 heterocycles. The summed E-state index contributed by atoms with van der Waals surface area (Å²) in [6.07, 6.45) is -0.658. The lowest BCUT2D eigenvalue weighted by Crippen LogP contribution is -2.39. The number of hydrogen-bond donors (Lipinski definition) is 0. The summed E-state index contributed by atoms with van der Waals surface area (Å²) in [4.78, 5) is 24.6. The standard InChI is InChI=1S/C19H22N2O4/c1-13-8-10-18(11-9-13)25-15(3)19(22)20(4)14(2)16-6-5-7-17(12-16)21(23)24/h5-12,14-15H,1-4H3. The van der Waals surface area contributed by atoms with Gasteiger partial charge in [0.15, 0.2) is 6.10 Å². The molecule has 1 amide bonds. The highest BCUT2D eigenvalue weighted by Crippen LogP contribution is 2.24. The number of benzene rings is 2. The molecular formula is C19H22N2O4. The quantitative estimate of drug-likeness (QED) is 0.590. The van der Waals surface area contributed by atoms with Crippen LogP contribution in [0.5, 0.6) is 5.75 Å². The molecule has 2 atom stereocenters. The van der Waals surface area contributed by atoms with Crippen molar-refractivity contribution in [2.45, 2.75) is 32.9 Å².